The Kier molecular flexibility index (Phi) is 11.1. The second-order valence-corrected chi connectivity index (χ2v) is 10.2. The maximum atomic E-state index is 12.9. The van der Waals surface area contributed by atoms with Gasteiger partial charge in [-0.2, -0.15) is 13.2 Å². The first kappa shape index (κ1) is 30.6. The number of carbonyl (C=O) groups is 3. The minimum Gasteiger partial charge on any atom is -0.475 e. The molecule has 38 heavy (non-hydrogen) atoms. The first-order valence-corrected chi connectivity index (χ1v) is 13.4. The molecule has 2 aromatic rings. The van der Waals surface area contributed by atoms with E-state index in [4.69, 9.17) is 9.90 Å². The number of nitrogens with one attached hydrogen (secondary N) is 2. The molecule has 9 nitrogen and oxygen atoms in total. The second kappa shape index (κ2) is 13.8. The van der Waals surface area contributed by atoms with Crippen molar-refractivity contribution in [3.8, 4) is 0 Å². The molecule has 0 radical (unpaired) electrons. The lowest BCUT2D eigenvalue weighted by Crippen LogP contribution is -2.45. The first-order valence-electron chi connectivity index (χ1n) is 11.9. The number of likely N-dealkylation sites (tertiary alicyclic amines) is 1. The van der Waals surface area contributed by atoms with Crippen LogP contribution < -0.4 is 10.0 Å². The van der Waals surface area contributed by atoms with E-state index in [0.29, 0.717) is 30.9 Å². The smallest absolute Gasteiger partial charge is 0.475 e. The molecule has 208 valence electrons. The Morgan fingerprint density at radius 1 is 1.05 bits per heavy atom. The van der Waals surface area contributed by atoms with E-state index in [1.165, 1.54) is 12.1 Å². The molecule has 1 atom stereocenters. The van der Waals surface area contributed by atoms with Crippen LogP contribution in [0.15, 0.2) is 59.5 Å². The summed E-state index contributed by atoms with van der Waals surface area (Å²) in [7, 11) is -3.68. The Morgan fingerprint density at radius 2 is 1.66 bits per heavy atom. The van der Waals surface area contributed by atoms with Crippen LogP contribution in [-0.2, 0) is 19.6 Å². The molecule has 3 rings (SSSR count). The number of rotatable bonds is 8. The summed E-state index contributed by atoms with van der Waals surface area (Å²) in [5.41, 5.74) is 0.849. The van der Waals surface area contributed by atoms with E-state index >= 15 is 0 Å². The molecule has 0 saturated carbocycles. The molecule has 0 bridgehead atoms. The number of nitrogens with zero attached hydrogens (tertiary/aromatic N) is 1. The molecular formula is C25H30F3N3O6S. The SMILES string of the molecule is CCCCNC(=O)C1CCCN(C(=O)c2ccc(NS(=O)(=O)c3ccccc3)cc2)C1.O=C(O)C(F)(F)F. The molecule has 0 spiro atoms. The lowest BCUT2D eigenvalue weighted by molar-refractivity contribution is -0.192. The molecule has 13 heteroatoms. The Morgan fingerprint density at radius 3 is 2.21 bits per heavy atom. The summed E-state index contributed by atoms with van der Waals surface area (Å²) in [4.78, 5) is 36.0. The lowest BCUT2D eigenvalue weighted by atomic mass is 9.96. The summed E-state index contributed by atoms with van der Waals surface area (Å²) in [6, 6.07) is 14.5. The average molecular weight is 558 g/mol. The maximum Gasteiger partial charge on any atom is 0.490 e. The van der Waals surface area contributed by atoms with Crippen LogP contribution in [0.5, 0.6) is 0 Å². The molecule has 0 aromatic heterocycles. The molecule has 1 fully saturated rings. The van der Waals surface area contributed by atoms with Crippen molar-refractivity contribution in [1.82, 2.24) is 10.2 Å². The molecule has 1 heterocycles. The van der Waals surface area contributed by atoms with Crippen molar-refractivity contribution in [3.63, 3.8) is 0 Å². The van der Waals surface area contributed by atoms with Gasteiger partial charge in [-0.1, -0.05) is 31.5 Å². The fraction of sp³-hybridized carbons (Fsp3) is 0.400. The number of carbonyl (C=O) groups excluding carboxylic acids is 2. The number of piperidine rings is 1. The van der Waals surface area contributed by atoms with E-state index in [-0.39, 0.29) is 22.6 Å². The quantitative estimate of drug-likeness (QED) is 0.422. The Hall–Kier alpha value is -3.61. The van der Waals surface area contributed by atoms with Crippen LogP contribution in [0.25, 0.3) is 0 Å². The second-order valence-electron chi connectivity index (χ2n) is 8.53. The van der Waals surface area contributed by atoms with Crippen molar-refractivity contribution in [2.45, 2.75) is 43.7 Å². The third kappa shape index (κ3) is 9.36. The fourth-order valence-corrected chi connectivity index (χ4v) is 4.67. The van der Waals surface area contributed by atoms with Gasteiger partial charge in [-0.25, -0.2) is 13.2 Å². The standard InChI is InChI=1S/C23H29N3O4S.C2HF3O2/c1-2-3-15-24-22(27)19-8-7-16-26(17-19)23(28)18-11-13-20(14-12-18)25-31(29,30)21-9-5-4-6-10-21;3-2(4,5)1(6)7/h4-6,9-14,19,25H,2-3,7-8,15-17H2,1H3,(H,24,27);(H,6,7). The van der Waals surface area contributed by atoms with Crippen LogP contribution in [0, 0.1) is 5.92 Å². The molecule has 1 unspecified atom stereocenters. The summed E-state index contributed by atoms with van der Waals surface area (Å²) in [5.74, 6) is -3.08. The van der Waals surface area contributed by atoms with Gasteiger partial charge in [-0.3, -0.25) is 14.3 Å². The number of anilines is 1. The number of benzene rings is 2. The number of unbranched alkanes of at least 4 members (excludes halogenated alkanes) is 1. The molecule has 1 saturated heterocycles. The van der Waals surface area contributed by atoms with Crippen molar-refractivity contribution in [2.24, 2.45) is 5.92 Å². The number of alkyl halides is 3. The lowest BCUT2D eigenvalue weighted by Gasteiger charge is -2.32. The van der Waals surface area contributed by atoms with Crippen LogP contribution in [0.4, 0.5) is 18.9 Å². The number of carboxylic acid groups (broad SMARTS) is 1. The van der Waals surface area contributed by atoms with Crippen molar-refractivity contribution in [2.75, 3.05) is 24.4 Å². The van der Waals surface area contributed by atoms with Gasteiger partial charge in [-0.15, -0.1) is 0 Å². The Bertz CT molecular complexity index is 1190. The summed E-state index contributed by atoms with van der Waals surface area (Å²) < 4.78 is 59.1. The van der Waals surface area contributed by atoms with Crippen molar-refractivity contribution < 1.29 is 41.1 Å². The number of hydrogen-bond donors (Lipinski definition) is 3. The molecule has 1 aliphatic rings. The highest BCUT2D eigenvalue weighted by atomic mass is 32.2. The number of sulfonamides is 1. The van der Waals surface area contributed by atoms with E-state index in [1.807, 2.05) is 0 Å². The van der Waals surface area contributed by atoms with Gasteiger partial charge in [0.25, 0.3) is 15.9 Å². The van der Waals surface area contributed by atoms with Gasteiger partial charge in [0.1, 0.15) is 0 Å². The van der Waals surface area contributed by atoms with Crippen molar-refractivity contribution >= 4 is 33.5 Å². The molecule has 0 aliphatic carbocycles. The van der Waals surface area contributed by atoms with Crippen LogP contribution >= 0.6 is 0 Å². The van der Waals surface area contributed by atoms with Gasteiger partial charge in [0, 0.05) is 30.9 Å². The number of hydrogen-bond acceptors (Lipinski definition) is 5. The fourth-order valence-electron chi connectivity index (χ4n) is 3.59. The summed E-state index contributed by atoms with van der Waals surface area (Å²) in [6.45, 7) is 3.75. The van der Waals surface area contributed by atoms with E-state index < -0.39 is 22.2 Å². The van der Waals surface area contributed by atoms with Crippen LogP contribution in [0.3, 0.4) is 0 Å². The number of amides is 2. The third-order valence-corrected chi connectivity index (χ3v) is 6.99. The normalized spacial score (nSPS) is 15.6. The average Bonchev–Trinajstić information content (AvgIpc) is 2.89. The predicted molar refractivity (Wildman–Crippen MR) is 134 cm³/mol. The van der Waals surface area contributed by atoms with E-state index in [9.17, 15) is 31.2 Å². The summed E-state index contributed by atoms with van der Waals surface area (Å²) in [5, 5.41) is 10.1. The molecule has 2 amide bonds. The number of aliphatic carboxylic acids is 1. The zero-order valence-electron chi connectivity index (χ0n) is 20.7. The Labute approximate surface area is 219 Å². The summed E-state index contributed by atoms with van der Waals surface area (Å²) in [6.07, 6.45) is -1.55. The van der Waals surface area contributed by atoms with Crippen LogP contribution in [0.1, 0.15) is 43.0 Å². The van der Waals surface area contributed by atoms with Gasteiger partial charge in [0.05, 0.1) is 10.8 Å². The van der Waals surface area contributed by atoms with Gasteiger partial charge in [0.15, 0.2) is 0 Å². The van der Waals surface area contributed by atoms with E-state index in [2.05, 4.69) is 17.0 Å². The highest BCUT2D eigenvalue weighted by Gasteiger charge is 2.38. The molecule has 1 aliphatic heterocycles. The highest BCUT2D eigenvalue weighted by molar-refractivity contribution is 7.92. The zero-order valence-corrected chi connectivity index (χ0v) is 21.5. The largest absolute Gasteiger partial charge is 0.490 e. The van der Waals surface area contributed by atoms with Crippen LogP contribution in [0.2, 0.25) is 0 Å². The van der Waals surface area contributed by atoms with Gasteiger partial charge in [-0.05, 0) is 55.7 Å². The van der Waals surface area contributed by atoms with Gasteiger partial charge < -0.3 is 15.3 Å². The van der Waals surface area contributed by atoms with E-state index in [1.54, 1.807) is 47.4 Å². The third-order valence-electron chi connectivity index (χ3n) is 5.59. The van der Waals surface area contributed by atoms with Gasteiger partial charge in [0.2, 0.25) is 5.91 Å². The zero-order chi connectivity index (χ0) is 28.3. The highest BCUT2D eigenvalue weighted by Crippen LogP contribution is 2.21. The summed E-state index contributed by atoms with van der Waals surface area (Å²) >= 11 is 0. The first-order chi connectivity index (χ1) is 17.8. The molecule has 3 N–H and O–H groups in total. The predicted octanol–water partition coefficient (Wildman–Crippen LogP) is 3.89. The number of carboxylic acids is 1. The van der Waals surface area contributed by atoms with Crippen LogP contribution in [-0.4, -0.2) is 62.0 Å². The van der Waals surface area contributed by atoms with Gasteiger partial charge >= 0.3 is 12.1 Å². The molecule has 2 aromatic carbocycles. The monoisotopic (exact) mass is 557 g/mol. The number of halogens is 3. The minimum atomic E-state index is -5.08. The van der Waals surface area contributed by atoms with Crippen molar-refractivity contribution in [1.29, 1.82) is 0 Å². The Balaban J connectivity index is 0.000000638. The van der Waals surface area contributed by atoms with E-state index in [0.717, 1.165) is 25.7 Å². The maximum absolute atomic E-state index is 12.9. The van der Waals surface area contributed by atoms with Crippen molar-refractivity contribution in [3.05, 3.63) is 60.2 Å². The molecular weight excluding hydrogens is 527 g/mol. The minimum absolute atomic E-state index is 0.0108. The topological polar surface area (TPSA) is 133 Å².